The predicted molar refractivity (Wildman–Crippen MR) is 63.6 cm³/mol. The summed E-state index contributed by atoms with van der Waals surface area (Å²) in [5.74, 6) is -4.13. The molecule has 0 bridgehead atoms. The van der Waals surface area contributed by atoms with Gasteiger partial charge in [-0.1, -0.05) is 0 Å². The number of hydrogen-bond acceptors (Lipinski definition) is 6. The number of halogens is 3. The smallest absolute Gasteiger partial charge is 0.437 e. The lowest BCUT2D eigenvalue weighted by atomic mass is 9.83. The molecule has 0 saturated heterocycles. The van der Waals surface area contributed by atoms with Crippen molar-refractivity contribution in [2.24, 2.45) is 5.92 Å². The molecule has 0 aromatic carbocycles. The average molecular weight is 311 g/mol. The molecule has 0 saturated carbocycles. The first-order chi connectivity index (χ1) is 9.58. The summed E-state index contributed by atoms with van der Waals surface area (Å²) < 4.78 is 48.3. The van der Waals surface area contributed by atoms with Crippen LogP contribution in [0.25, 0.3) is 0 Å². The average Bonchev–Trinajstić information content (AvgIpc) is 2.36. The normalized spacial score (nSPS) is 26.1. The minimum atomic E-state index is -5.13. The fourth-order valence-corrected chi connectivity index (χ4v) is 2.08. The zero-order valence-electron chi connectivity index (χ0n) is 11.7. The summed E-state index contributed by atoms with van der Waals surface area (Å²) in [4.78, 5) is 23.3. The molecule has 2 unspecified atom stereocenters. The number of rotatable bonds is 3. The van der Waals surface area contributed by atoms with Crippen molar-refractivity contribution in [3.05, 3.63) is 11.3 Å². The molecular weight excluding hydrogens is 295 g/mol. The Morgan fingerprint density at radius 3 is 2.48 bits per heavy atom. The molecule has 0 aromatic rings. The van der Waals surface area contributed by atoms with Crippen LogP contribution in [0.5, 0.6) is 0 Å². The second kappa shape index (κ2) is 5.92. The van der Waals surface area contributed by atoms with Crippen molar-refractivity contribution in [1.82, 2.24) is 5.32 Å². The topological polar surface area (TPSA) is 84.9 Å². The molecule has 0 radical (unpaired) electrons. The molecular formula is C12H16F3NO5. The van der Waals surface area contributed by atoms with Crippen molar-refractivity contribution in [2.45, 2.75) is 32.2 Å². The number of esters is 2. The van der Waals surface area contributed by atoms with Gasteiger partial charge in [-0.2, -0.15) is 13.2 Å². The monoisotopic (exact) mass is 311 g/mol. The quantitative estimate of drug-likeness (QED) is 0.752. The van der Waals surface area contributed by atoms with Gasteiger partial charge in [-0.25, -0.2) is 4.79 Å². The van der Waals surface area contributed by atoms with E-state index < -0.39 is 36.2 Å². The molecule has 0 aliphatic carbocycles. The number of nitrogens with one attached hydrogen (secondary N) is 1. The molecule has 1 aliphatic rings. The number of alkyl halides is 3. The van der Waals surface area contributed by atoms with Gasteiger partial charge >= 0.3 is 18.1 Å². The highest BCUT2D eigenvalue weighted by Gasteiger charge is 2.63. The van der Waals surface area contributed by atoms with Crippen LogP contribution in [-0.4, -0.2) is 42.7 Å². The molecule has 0 fully saturated rings. The number of hydrogen-bond donors (Lipinski definition) is 2. The van der Waals surface area contributed by atoms with Crippen LogP contribution in [0.2, 0.25) is 0 Å². The molecule has 2 N–H and O–H groups in total. The summed E-state index contributed by atoms with van der Waals surface area (Å²) in [6.07, 6.45) is -5.77. The third-order valence-corrected chi connectivity index (χ3v) is 3.18. The maximum atomic E-state index is 13.1. The fraction of sp³-hybridized carbons (Fsp3) is 0.667. The molecule has 1 aliphatic heterocycles. The number of methoxy groups -OCH3 is 1. The van der Waals surface area contributed by atoms with Crippen LogP contribution in [-0.2, 0) is 19.1 Å². The summed E-state index contributed by atoms with van der Waals surface area (Å²) in [7, 11) is 1.06. The van der Waals surface area contributed by atoms with Gasteiger partial charge in [0, 0.05) is 5.70 Å². The van der Waals surface area contributed by atoms with E-state index in [2.05, 4.69) is 9.47 Å². The van der Waals surface area contributed by atoms with Crippen LogP contribution in [0, 0.1) is 5.92 Å². The van der Waals surface area contributed by atoms with Crippen molar-refractivity contribution in [3.8, 4) is 0 Å². The summed E-state index contributed by atoms with van der Waals surface area (Å²) in [5.41, 5.74) is -3.85. The third kappa shape index (κ3) is 3.12. The van der Waals surface area contributed by atoms with Crippen molar-refractivity contribution >= 4 is 11.9 Å². The van der Waals surface area contributed by atoms with Crippen molar-refractivity contribution in [1.29, 1.82) is 0 Å². The highest BCUT2D eigenvalue weighted by atomic mass is 19.4. The minimum absolute atomic E-state index is 0.149. The first kappa shape index (κ1) is 17.3. The van der Waals surface area contributed by atoms with Crippen LogP contribution >= 0.6 is 0 Å². The van der Waals surface area contributed by atoms with Crippen LogP contribution in [0.4, 0.5) is 13.2 Å². The Hall–Kier alpha value is -1.77. The van der Waals surface area contributed by atoms with E-state index in [1.165, 1.54) is 13.8 Å². The summed E-state index contributed by atoms with van der Waals surface area (Å²) in [5, 5.41) is 11.7. The standard InChI is InChI=1S/C12H16F3NO5/c1-4-21-10(18)8-5-7(9(17)20-3)6(2)16-11(8,19)12(13,14)15/h8,16,19H,4-5H2,1-3H3. The Morgan fingerprint density at radius 2 is 2.05 bits per heavy atom. The third-order valence-electron chi connectivity index (χ3n) is 3.18. The van der Waals surface area contributed by atoms with E-state index in [0.29, 0.717) is 0 Å². The SMILES string of the molecule is CCOC(=O)C1CC(C(=O)OC)=C(C)NC1(O)C(F)(F)F. The number of carbonyl (C=O) groups excluding carboxylic acids is 2. The van der Waals surface area contributed by atoms with Gasteiger partial charge in [-0.3, -0.25) is 4.79 Å². The first-order valence-corrected chi connectivity index (χ1v) is 6.10. The van der Waals surface area contributed by atoms with Crippen LogP contribution in [0.1, 0.15) is 20.3 Å². The number of aliphatic hydroxyl groups is 1. The molecule has 9 heteroatoms. The lowest BCUT2D eigenvalue weighted by Crippen LogP contribution is -2.65. The zero-order chi connectivity index (χ0) is 16.4. The Bertz CT molecular complexity index is 474. The Labute approximate surface area is 118 Å². The van der Waals surface area contributed by atoms with E-state index in [9.17, 15) is 27.9 Å². The molecule has 21 heavy (non-hydrogen) atoms. The maximum Gasteiger partial charge on any atom is 0.437 e. The summed E-state index contributed by atoms with van der Waals surface area (Å²) in [6, 6.07) is 0. The Morgan fingerprint density at radius 1 is 1.48 bits per heavy atom. The highest BCUT2D eigenvalue weighted by molar-refractivity contribution is 5.91. The van der Waals surface area contributed by atoms with Crippen molar-refractivity contribution in [3.63, 3.8) is 0 Å². The highest BCUT2D eigenvalue weighted by Crippen LogP contribution is 2.41. The molecule has 2 atom stereocenters. The van der Waals surface area contributed by atoms with Gasteiger partial charge in [0.15, 0.2) is 0 Å². The summed E-state index contributed by atoms with van der Waals surface area (Å²) in [6.45, 7) is 2.45. The first-order valence-electron chi connectivity index (χ1n) is 6.10. The van der Waals surface area contributed by atoms with Gasteiger partial charge in [0.25, 0.3) is 0 Å². The van der Waals surface area contributed by atoms with E-state index in [-0.39, 0.29) is 17.9 Å². The summed E-state index contributed by atoms with van der Waals surface area (Å²) >= 11 is 0. The molecule has 1 heterocycles. The molecule has 6 nitrogen and oxygen atoms in total. The van der Waals surface area contributed by atoms with Crippen molar-refractivity contribution < 1.29 is 37.3 Å². The lowest BCUT2D eigenvalue weighted by Gasteiger charge is -2.41. The van der Waals surface area contributed by atoms with Gasteiger partial charge in [0.1, 0.15) is 5.92 Å². The van der Waals surface area contributed by atoms with Gasteiger partial charge < -0.3 is 19.9 Å². The van der Waals surface area contributed by atoms with Crippen LogP contribution < -0.4 is 5.32 Å². The van der Waals surface area contributed by atoms with Gasteiger partial charge in [0.05, 0.1) is 19.3 Å². The zero-order valence-corrected chi connectivity index (χ0v) is 11.7. The second-order valence-electron chi connectivity index (χ2n) is 4.49. The number of carbonyl (C=O) groups is 2. The Kier molecular flexibility index (Phi) is 4.87. The van der Waals surface area contributed by atoms with Gasteiger partial charge in [-0.15, -0.1) is 0 Å². The van der Waals surface area contributed by atoms with E-state index in [0.717, 1.165) is 7.11 Å². The number of allylic oxidation sites excluding steroid dienone is 1. The number of ether oxygens (including phenoxy) is 2. The molecule has 1 rings (SSSR count). The predicted octanol–water partition coefficient (Wildman–Crippen LogP) is 0.857. The van der Waals surface area contributed by atoms with E-state index >= 15 is 0 Å². The van der Waals surface area contributed by atoms with Crippen molar-refractivity contribution in [2.75, 3.05) is 13.7 Å². The van der Waals surface area contributed by atoms with E-state index in [1.54, 1.807) is 5.32 Å². The largest absolute Gasteiger partial charge is 0.466 e. The van der Waals surface area contributed by atoms with E-state index in [4.69, 9.17) is 0 Å². The molecule has 0 amide bonds. The van der Waals surface area contributed by atoms with Crippen LogP contribution in [0.3, 0.4) is 0 Å². The Balaban J connectivity index is 3.29. The maximum absolute atomic E-state index is 13.1. The fourth-order valence-electron chi connectivity index (χ4n) is 2.08. The molecule has 0 spiro atoms. The molecule has 0 aromatic heterocycles. The lowest BCUT2D eigenvalue weighted by molar-refractivity contribution is -0.291. The van der Waals surface area contributed by atoms with Gasteiger partial charge in [-0.05, 0) is 20.3 Å². The minimum Gasteiger partial charge on any atom is -0.466 e. The van der Waals surface area contributed by atoms with Crippen LogP contribution in [0.15, 0.2) is 11.3 Å². The van der Waals surface area contributed by atoms with E-state index in [1.807, 2.05) is 0 Å². The molecule has 120 valence electrons. The second-order valence-corrected chi connectivity index (χ2v) is 4.49. The van der Waals surface area contributed by atoms with Gasteiger partial charge in [0.2, 0.25) is 5.72 Å².